The average Bonchev–Trinajstić information content (AvgIpc) is 3.50. The van der Waals surface area contributed by atoms with E-state index in [4.69, 9.17) is 11.6 Å². The molecule has 0 radical (unpaired) electrons. The molecule has 5 rings (SSSR count). The lowest BCUT2D eigenvalue weighted by molar-refractivity contribution is -0.133. The molecule has 0 fully saturated rings. The van der Waals surface area contributed by atoms with E-state index >= 15 is 0 Å². The minimum Gasteiger partial charge on any atom is -0.289 e. The van der Waals surface area contributed by atoms with E-state index in [1.54, 1.807) is 40.9 Å². The number of carbonyl (C=O) groups excluding carboxylic acids is 1. The maximum atomic E-state index is 13.2. The SMILES string of the molecule is O=C(Cn1cnc2ccc(Cl)cc2c1=O)N1N=C(c2cccs2)C[C@H]1c1cccs1. The Bertz CT molecular complexity index is 1310. The van der Waals surface area contributed by atoms with Gasteiger partial charge in [-0.15, -0.1) is 22.7 Å². The number of hydrogen-bond acceptors (Lipinski definition) is 6. The van der Waals surface area contributed by atoms with Gasteiger partial charge in [-0.2, -0.15) is 5.10 Å². The molecule has 0 bridgehead atoms. The van der Waals surface area contributed by atoms with Crippen LogP contribution in [0.3, 0.4) is 0 Å². The van der Waals surface area contributed by atoms with Crippen LogP contribution in [0.15, 0.2) is 69.4 Å². The molecule has 0 N–H and O–H groups in total. The molecule has 1 atom stereocenters. The van der Waals surface area contributed by atoms with Crippen LogP contribution in [0.2, 0.25) is 5.02 Å². The van der Waals surface area contributed by atoms with Crippen molar-refractivity contribution >= 4 is 56.8 Å². The van der Waals surface area contributed by atoms with Crippen molar-refractivity contribution in [2.75, 3.05) is 0 Å². The first-order valence-electron chi connectivity index (χ1n) is 9.21. The van der Waals surface area contributed by atoms with Gasteiger partial charge in [-0.05, 0) is 41.1 Å². The van der Waals surface area contributed by atoms with Crippen LogP contribution in [0, 0.1) is 0 Å². The normalized spacial score (nSPS) is 16.2. The molecule has 3 aromatic heterocycles. The van der Waals surface area contributed by atoms with Crippen LogP contribution in [0.4, 0.5) is 0 Å². The van der Waals surface area contributed by atoms with E-state index in [2.05, 4.69) is 10.1 Å². The number of fused-ring (bicyclic) bond motifs is 1. The van der Waals surface area contributed by atoms with E-state index in [-0.39, 0.29) is 24.1 Å². The van der Waals surface area contributed by atoms with E-state index in [1.807, 2.05) is 35.0 Å². The number of hydrogen-bond donors (Lipinski definition) is 0. The van der Waals surface area contributed by atoms with E-state index in [9.17, 15) is 9.59 Å². The van der Waals surface area contributed by atoms with Crippen molar-refractivity contribution in [2.45, 2.75) is 19.0 Å². The van der Waals surface area contributed by atoms with Crippen molar-refractivity contribution in [3.63, 3.8) is 0 Å². The van der Waals surface area contributed by atoms with Gasteiger partial charge in [-0.1, -0.05) is 23.7 Å². The number of aromatic nitrogens is 2. The molecule has 0 saturated heterocycles. The van der Waals surface area contributed by atoms with Crippen LogP contribution in [0.1, 0.15) is 22.2 Å². The van der Waals surface area contributed by atoms with Gasteiger partial charge < -0.3 is 0 Å². The minimum absolute atomic E-state index is 0.141. The van der Waals surface area contributed by atoms with Crippen LogP contribution < -0.4 is 5.56 Å². The summed E-state index contributed by atoms with van der Waals surface area (Å²) < 4.78 is 1.31. The predicted octanol–water partition coefficient (Wildman–Crippen LogP) is 4.55. The van der Waals surface area contributed by atoms with Crippen molar-refractivity contribution in [3.8, 4) is 0 Å². The van der Waals surface area contributed by atoms with Crippen molar-refractivity contribution < 1.29 is 4.79 Å². The topological polar surface area (TPSA) is 67.6 Å². The maximum absolute atomic E-state index is 13.2. The Balaban J connectivity index is 1.48. The van der Waals surface area contributed by atoms with Gasteiger partial charge in [-0.25, -0.2) is 9.99 Å². The van der Waals surface area contributed by atoms with Crippen molar-refractivity contribution in [3.05, 3.63) is 84.7 Å². The van der Waals surface area contributed by atoms with Gasteiger partial charge in [0.15, 0.2) is 0 Å². The fourth-order valence-corrected chi connectivity index (χ4v) is 5.20. The zero-order valence-electron chi connectivity index (χ0n) is 15.6. The molecule has 4 aromatic rings. The highest BCUT2D eigenvalue weighted by molar-refractivity contribution is 7.12. The third kappa shape index (κ3) is 3.47. The Morgan fingerprint density at radius 2 is 2.00 bits per heavy atom. The number of hydrazone groups is 1. The molecule has 0 saturated carbocycles. The summed E-state index contributed by atoms with van der Waals surface area (Å²) in [6, 6.07) is 12.7. The number of thiophene rings is 2. The van der Waals surface area contributed by atoms with Crippen LogP contribution in [0.25, 0.3) is 10.9 Å². The first-order valence-corrected chi connectivity index (χ1v) is 11.4. The summed E-state index contributed by atoms with van der Waals surface area (Å²) in [5.41, 5.74) is 1.13. The molecule has 1 amide bonds. The predicted molar refractivity (Wildman–Crippen MR) is 120 cm³/mol. The molecule has 30 heavy (non-hydrogen) atoms. The molecular formula is C21H15ClN4O2S2. The summed E-state index contributed by atoms with van der Waals surface area (Å²) in [6.07, 6.45) is 2.05. The van der Waals surface area contributed by atoms with Crippen LogP contribution >= 0.6 is 34.3 Å². The highest BCUT2D eigenvalue weighted by atomic mass is 35.5. The van der Waals surface area contributed by atoms with Gasteiger partial charge in [0, 0.05) is 16.3 Å². The minimum atomic E-state index is -0.301. The van der Waals surface area contributed by atoms with Crippen LogP contribution in [0.5, 0.6) is 0 Å². The Labute approximate surface area is 184 Å². The number of halogens is 1. The quantitative estimate of drug-likeness (QED) is 0.454. The maximum Gasteiger partial charge on any atom is 0.263 e. The smallest absolute Gasteiger partial charge is 0.263 e. The van der Waals surface area contributed by atoms with Gasteiger partial charge >= 0.3 is 0 Å². The van der Waals surface area contributed by atoms with Crippen LogP contribution in [-0.4, -0.2) is 26.2 Å². The second kappa shape index (κ2) is 7.79. The molecule has 1 aliphatic rings. The van der Waals surface area contributed by atoms with Gasteiger partial charge in [-0.3, -0.25) is 14.2 Å². The molecule has 9 heteroatoms. The third-order valence-corrected chi connectivity index (χ3v) is 7.06. The standard InChI is InChI=1S/C21H15ClN4O2S2/c22-13-5-6-15-14(9-13)21(28)25(12-23-15)11-20(27)26-17(19-4-2-8-30-19)10-16(24-26)18-3-1-7-29-18/h1-9,12,17H,10-11H2/t17-/m0/s1. The van der Waals surface area contributed by atoms with E-state index < -0.39 is 0 Å². The third-order valence-electron chi connectivity index (χ3n) is 4.93. The summed E-state index contributed by atoms with van der Waals surface area (Å²) in [4.78, 5) is 32.5. The lowest BCUT2D eigenvalue weighted by Gasteiger charge is -2.21. The summed E-state index contributed by atoms with van der Waals surface area (Å²) in [5.74, 6) is -0.259. The van der Waals surface area contributed by atoms with Gasteiger partial charge in [0.25, 0.3) is 11.5 Å². The summed E-state index contributed by atoms with van der Waals surface area (Å²) >= 11 is 9.22. The number of benzene rings is 1. The Hall–Kier alpha value is -2.81. The lowest BCUT2D eigenvalue weighted by Crippen LogP contribution is -2.33. The van der Waals surface area contributed by atoms with Gasteiger partial charge in [0.1, 0.15) is 6.54 Å². The molecule has 150 valence electrons. The molecule has 6 nitrogen and oxygen atoms in total. The number of amides is 1. The molecule has 4 heterocycles. The lowest BCUT2D eigenvalue weighted by atomic mass is 10.1. The molecular weight excluding hydrogens is 440 g/mol. The van der Waals surface area contributed by atoms with Gasteiger partial charge in [0.05, 0.1) is 33.9 Å². The summed E-state index contributed by atoms with van der Waals surface area (Å²) in [5, 5.41) is 11.0. The van der Waals surface area contributed by atoms with E-state index in [0.717, 1.165) is 15.5 Å². The Kier molecular flexibility index (Phi) is 4.98. The van der Waals surface area contributed by atoms with E-state index in [1.165, 1.54) is 15.9 Å². The number of carbonyl (C=O) groups is 1. The first kappa shape index (κ1) is 19.2. The van der Waals surface area contributed by atoms with Crippen LogP contribution in [-0.2, 0) is 11.3 Å². The highest BCUT2D eigenvalue weighted by Gasteiger charge is 2.34. The monoisotopic (exact) mass is 454 g/mol. The second-order valence-electron chi connectivity index (χ2n) is 6.84. The average molecular weight is 455 g/mol. The molecule has 0 spiro atoms. The largest absolute Gasteiger partial charge is 0.289 e. The molecule has 0 unspecified atom stereocenters. The second-order valence-corrected chi connectivity index (χ2v) is 9.20. The Morgan fingerprint density at radius 3 is 2.77 bits per heavy atom. The Morgan fingerprint density at radius 1 is 1.17 bits per heavy atom. The first-order chi connectivity index (χ1) is 14.6. The summed E-state index contributed by atoms with van der Waals surface area (Å²) in [7, 11) is 0. The fourth-order valence-electron chi connectivity index (χ4n) is 3.50. The van der Waals surface area contributed by atoms with Gasteiger partial charge in [0.2, 0.25) is 0 Å². The fraction of sp³-hybridized carbons (Fsp3) is 0.143. The zero-order chi connectivity index (χ0) is 20.7. The summed E-state index contributed by atoms with van der Waals surface area (Å²) in [6.45, 7) is -0.141. The molecule has 1 aromatic carbocycles. The van der Waals surface area contributed by atoms with Crippen molar-refractivity contribution in [2.24, 2.45) is 5.10 Å². The van der Waals surface area contributed by atoms with Crippen molar-refractivity contribution in [1.82, 2.24) is 14.6 Å². The molecule has 1 aliphatic heterocycles. The molecule has 0 aliphatic carbocycles. The number of rotatable bonds is 4. The highest BCUT2D eigenvalue weighted by Crippen LogP contribution is 2.36. The van der Waals surface area contributed by atoms with Crippen molar-refractivity contribution in [1.29, 1.82) is 0 Å². The zero-order valence-corrected chi connectivity index (χ0v) is 18.0. The van der Waals surface area contributed by atoms with E-state index in [0.29, 0.717) is 22.3 Å². The number of nitrogens with zero attached hydrogens (tertiary/aromatic N) is 4.